The fourth-order valence-electron chi connectivity index (χ4n) is 3.86. The molecule has 1 N–H and O–H groups in total. The number of nitrogens with one attached hydrogen (secondary N) is 1. The molecule has 0 radical (unpaired) electrons. The van der Waals surface area contributed by atoms with E-state index in [9.17, 15) is 4.79 Å². The van der Waals surface area contributed by atoms with Crippen LogP contribution in [0.1, 0.15) is 49.8 Å². The van der Waals surface area contributed by atoms with Gasteiger partial charge in [0.05, 0.1) is 12.1 Å². The van der Waals surface area contributed by atoms with Gasteiger partial charge in [-0.05, 0) is 44.4 Å². The van der Waals surface area contributed by atoms with Gasteiger partial charge in [0.1, 0.15) is 0 Å². The molecule has 108 valence electrons. The first-order chi connectivity index (χ1) is 9.72. The van der Waals surface area contributed by atoms with Gasteiger partial charge >= 0.3 is 0 Å². The highest BCUT2D eigenvalue weighted by molar-refractivity contribution is 5.84. The summed E-state index contributed by atoms with van der Waals surface area (Å²) in [5.41, 5.74) is 2.64. The molecular formula is C17H24N2O. The number of rotatable bonds is 2. The van der Waals surface area contributed by atoms with Gasteiger partial charge in [-0.15, -0.1) is 0 Å². The number of carbonyl (C=O) groups excluding carboxylic acids is 1. The number of hydrogen-bond acceptors (Lipinski definition) is 2. The summed E-state index contributed by atoms with van der Waals surface area (Å²) in [6, 6.07) is 9.07. The number of likely N-dealkylation sites (N-methyl/N-ethyl adjacent to an activating group) is 1. The molecule has 1 fully saturated rings. The molecule has 3 heteroatoms. The second-order valence-corrected chi connectivity index (χ2v) is 6.10. The van der Waals surface area contributed by atoms with Gasteiger partial charge in [-0.1, -0.05) is 37.1 Å². The summed E-state index contributed by atoms with van der Waals surface area (Å²) in [6.07, 6.45) is 5.64. The van der Waals surface area contributed by atoms with Gasteiger partial charge in [0.15, 0.2) is 0 Å². The van der Waals surface area contributed by atoms with E-state index in [0.717, 1.165) is 19.3 Å². The van der Waals surface area contributed by atoms with Crippen LogP contribution in [0.3, 0.4) is 0 Å². The van der Waals surface area contributed by atoms with Crippen molar-refractivity contribution in [3.63, 3.8) is 0 Å². The molecule has 1 aliphatic heterocycles. The lowest BCUT2D eigenvalue weighted by molar-refractivity contribution is -0.137. The maximum Gasteiger partial charge on any atom is 0.240 e. The molecular weight excluding hydrogens is 248 g/mol. The van der Waals surface area contributed by atoms with Crippen LogP contribution in [-0.4, -0.2) is 29.9 Å². The molecule has 0 aromatic heterocycles. The van der Waals surface area contributed by atoms with Crippen molar-refractivity contribution < 1.29 is 4.79 Å². The molecule has 1 aliphatic carbocycles. The largest absolute Gasteiger partial charge is 0.332 e. The van der Waals surface area contributed by atoms with E-state index in [1.54, 1.807) is 0 Å². The minimum absolute atomic E-state index is 0.0818. The van der Waals surface area contributed by atoms with Crippen LogP contribution in [0, 0.1) is 0 Å². The topological polar surface area (TPSA) is 32.3 Å². The summed E-state index contributed by atoms with van der Waals surface area (Å²) in [4.78, 5) is 15.1. The quantitative estimate of drug-likeness (QED) is 0.897. The Hall–Kier alpha value is -1.35. The maximum absolute atomic E-state index is 12.9. The lowest BCUT2D eigenvalue weighted by atomic mass is 9.98. The second kappa shape index (κ2) is 5.57. The molecule has 1 heterocycles. The van der Waals surface area contributed by atoms with Gasteiger partial charge in [0, 0.05) is 6.04 Å². The standard InChI is InChI=1S/C17H24N2O/c1-12-15-10-6-3-7-13(15)11-16(18-2)17(20)19(12)14-8-4-5-9-14/h3,6-7,10,12,14,16,18H,4-5,8-9,11H2,1-2H3. The lowest BCUT2D eigenvalue weighted by Gasteiger charge is -2.35. The summed E-state index contributed by atoms with van der Waals surface area (Å²) in [5.74, 6) is 0.281. The lowest BCUT2D eigenvalue weighted by Crippen LogP contribution is -2.49. The highest BCUT2D eigenvalue weighted by Gasteiger charge is 2.37. The van der Waals surface area contributed by atoms with Crippen molar-refractivity contribution in [2.45, 2.75) is 57.2 Å². The smallest absolute Gasteiger partial charge is 0.240 e. The average molecular weight is 272 g/mol. The van der Waals surface area contributed by atoms with Gasteiger partial charge in [-0.25, -0.2) is 0 Å². The van der Waals surface area contributed by atoms with Crippen molar-refractivity contribution >= 4 is 5.91 Å². The van der Waals surface area contributed by atoms with Crippen molar-refractivity contribution in [1.82, 2.24) is 10.2 Å². The fraction of sp³-hybridized carbons (Fsp3) is 0.588. The highest BCUT2D eigenvalue weighted by atomic mass is 16.2. The van der Waals surface area contributed by atoms with Crippen molar-refractivity contribution in [3.05, 3.63) is 35.4 Å². The van der Waals surface area contributed by atoms with E-state index in [4.69, 9.17) is 0 Å². The number of benzene rings is 1. The Morgan fingerprint density at radius 2 is 1.90 bits per heavy atom. The van der Waals surface area contributed by atoms with Crippen LogP contribution in [0.25, 0.3) is 0 Å². The molecule has 2 aliphatic rings. The monoisotopic (exact) mass is 272 g/mol. The summed E-state index contributed by atoms with van der Waals surface area (Å²) < 4.78 is 0. The molecule has 2 unspecified atom stereocenters. The highest BCUT2D eigenvalue weighted by Crippen LogP contribution is 2.35. The SMILES string of the molecule is CNC1Cc2ccccc2C(C)N(C2CCCC2)C1=O. The number of amides is 1. The predicted octanol–water partition coefficient (Wildman–Crippen LogP) is 2.66. The van der Waals surface area contributed by atoms with Gasteiger partial charge in [-0.3, -0.25) is 4.79 Å². The van der Waals surface area contributed by atoms with Crippen LogP contribution in [0.15, 0.2) is 24.3 Å². The number of carbonyl (C=O) groups is 1. The summed E-state index contributed by atoms with van der Waals surface area (Å²) in [6.45, 7) is 2.19. The zero-order chi connectivity index (χ0) is 14.1. The van der Waals surface area contributed by atoms with Crippen LogP contribution in [-0.2, 0) is 11.2 Å². The molecule has 0 spiro atoms. The first-order valence-electron chi connectivity index (χ1n) is 7.79. The van der Waals surface area contributed by atoms with E-state index in [1.165, 1.54) is 24.0 Å². The Labute approximate surface area is 121 Å². The molecule has 20 heavy (non-hydrogen) atoms. The van der Waals surface area contributed by atoms with E-state index >= 15 is 0 Å². The van der Waals surface area contributed by atoms with Crippen molar-refractivity contribution in [2.24, 2.45) is 0 Å². The van der Waals surface area contributed by atoms with E-state index in [1.807, 2.05) is 7.05 Å². The Balaban J connectivity index is 2.01. The molecule has 3 rings (SSSR count). The van der Waals surface area contributed by atoms with E-state index in [-0.39, 0.29) is 18.0 Å². The Kier molecular flexibility index (Phi) is 3.79. The number of fused-ring (bicyclic) bond motifs is 1. The molecule has 3 nitrogen and oxygen atoms in total. The van der Waals surface area contributed by atoms with Crippen LogP contribution in [0.4, 0.5) is 0 Å². The third kappa shape index (κ3) is 2.24. The Bertz CT molecular complexity index is 494. The van der Waals surface area contributed by atoms with Crippen LogP contribution in [0.2, 0.25) is 0 Å². The van der Waals surface area contributed by atoms with Crippen molar-refractivity contribution in [2.75, 3.05) is 7.05 Å². The van der Waals surface area contributed by atoms with Crippen LogP contribution < -0.4 is 5.32 Å². The first-order valence-corrected chi connectivity index (χ1v) is 7.79. The predicted molar refractivity (Wildman–Crippen MR) is 80.5 cm³/mol. The second-order valence-electron chi connectivity index (χ2n) is 6.10. The van der Waals surface area contributed by atoms with E-state index in [0.29, 0.717) is 6.04 Å². The summed E-state index contributed by atoms with van der Waals surface area (Å²) >= 11 is 0. The third-order valence-corrected chi connectivity index (χ3v) is 4.97. The number of nitrogens with zero attached hydrogens (tertiary/aromatic N) is 1. The molecule has 0 saturated heterocycles. The first kappa shape index (κ1) is 13.6. The molecule has 1 aromatic carbocycles. The Morgan fingerprint density at radius 3 is 2.60 bits per heavy atom. The summed E-state index contributed by atoms with van der Waals surface area (Å²) in [5, 5.41) is 3.22. The molecule has 1 aromatic rings. The van der Waals surface area contributed by atoms with Crippen molar-refractivity contribution in [1.29, 1.82) is 0 Å². The molecule has 1 saturated carbocycles. The van der Waals surface area contributed by atoms with Crippen LogP contribution >= 0.6 is 0 Å². The molecule has 0 bridgehead atoms. The minimum atomic E-state index is -0.0818. The summed E-state index contributed by atoms with van der Waals surface area (Å²) in [7, 11) is 1.90. The number of hydrogen-bond donors (Lipinski definition) is 1. The maximum atomic E-state index is 12.9. The minimum Gasteiger partial charge on any atom is -0.332 e. The van der Waals surface area contributed by atoms with Gasteiger partial charge in [0.25, 0.3) is 0 Å². The van der Waals surface area contributed by atoms with Crippen molar-refractivity contribution in [3.8, 4) is 0 Å². The van der Waals surface area contributed by atoms with E-state index < -0.39 is 0 Å². The third-order valence-electron chi connectivity index (χ3n) is 4.97. The normalized spacial score (nSPS) is 27.5. The van der Waals surface area contributed by atoms with Gasteiger partial charge < -0.3 is 10.2 Å². The average Bonchev–Trinajstić information content (AvgIpc) is 2.95. The molecule has 2 atom stereocenters. The van der Waals surface area contributed by atoms with Crippen LogP contribution in [0.5, 0.6) is 0 Å². The van der Waals surface area contributed by atoms with E-state index in [2.05, 4.69) is 41.4 Å². The zero-order valence-corrected chi connectivity index (χ0v) is 12.4. The Morgan fingerprint density at radius 1 is 1.20 bits per heavy atom. The van der Waals surface area contributed by atoms with Gasteiger partial charge in [0.2, 0.25) is 5.91 Å². The molecule has 1 amide bonds. The fourth-order valence-corrected chi connectivity index (χ4v) is 3.86. The zero-order valence-electron chi connectivity index (χ0n) is 12.4. The van der Waals surface area contributed by atoms with Gasteiger partial charge in [-0.2, -0.15) is 0 Å².